The Kier molecular flexibility index (Phi) is 9.01. The molecule has 0 aliphatic rings. The van der Waals surface area contributed by atoms with E-state index in [-0.39, 0.29) is 6.29 Å². The summed E-state index contributed by atoms with van der Waals surface area (Å²) in [6.45, 7) is 7.25. The van der Waals surface area contributed by atoms with E-state index in [0.29, 0.717) is 11.3 Å². The number of hydrogen-bond donors (Lipinski definition) is 1. The van der Waals surface area contributed by atoms with Crippen molar-refractivity contribution in [2.45, 2.75) is 27.1 Å². The molecule has 2 N–H and O–H groups in total. The second-order valence-electron chi connectivity index (χ2n) is 3.26. The zero-order valence-corrected chi connectivity index (χ0v) is 10.7. The van der Waals surface area contributed by atoms with Gasteiger partial charge >= 0.3 is 0 Å². The molecule has 4 heteroatoms. The first-order valence-corrected chi connectivity index (χ1v) is 5.67. The zero-order chi connectivity index (χ0) is 13.1. The van der Waals surface area contributed by atoms with E-state index in [1.807, 2.05) is 20.8 Å². The van der Waals surface area contributed by atoms with Gasteiger partial charge in [-0.15, -0.1) is 0 Å². The standard InChI is InChI=1S/C7H7NO.C6H14O2/c8-7-3-1-6(5-9)2-4-7;1-4-7-6(3)8-5-2/h1-5H,8H2;6H,4-5H2,1-3H3. The third kappa shape index (κ3) is 8.42. The molecule has 0 heterocycles. The van der Waals surface area contributed by atoms with Gasteiger partial charge in [0.05, 0.1) is 0 Å². The lowest BCUT2D eigenvalue weighted by Crippen LogP contribution is -2.11. The van der Waals surface area contributed by atoms with Crippen molar-refractivity contribution in [3.8, 4) is 0 Å². The number of carbonyl (C=O) groups is 1. The van der Waals surface area contributed by atoms with Crippen LogP contribution in [-0.2, 0) is 9.47 Å². The average molecular weight is 239 g/mol. The molecule has 0 fully saturated rings. The number of hydrogen-bond acceptors (Lipinski definition) is 4. The van der Waals surface area contributed by atoms with Gasteiger partial charge in [-0.25, -0.2) is 0 Å². The van der Waals surface area contributed by atoms with Crippen LogP contribution in [-0.4, -0.2) is 25.8 Å². The summed E-state index contributed by atoms with van der Waals surface area (Å²) in [5, 5.41) is 0. The average Bonchev–Trinajstić information content (AvgIpc) is 2.32. The minimum atomic E-state index is -0.0370. The topological polar surface area (TPSA) is 61.6 Å². The molecule has 1 aromatic rings. The number of benzene rings is 1. The normalized spacial score (nSPS) is 9.65. The van der Waals surface area contributed by atoms with Gasteiger partial charge in [0.2, 0.25) is 0 Å². The highest BCUT2D eigenvalue weighted by atomic mass is 16.7. The van der Waals surface area contributed by atoms with E-state index in [4.69, 9.17) is 15.2 Å². The van der Waals surface area contributed by atoms with Gasteiger partial charge in [0.15, 0.2) is 6.29 Å². The second kappa shape index (κ2) is 9.81. The van der Waals surface area contributed by atoms with Crippen LogP contribution >= 0.6 is 0 Å². The number of rotatable bonds is 5. The molecule has 0 aromatic heterocycles. The summed E-state index contributed by atoms with van der Waals surface area (Å²) in [5.74, 6) is 0. The lowest BCUT2D eigenvalue weighted by atomic mass is 10.2. The van der Waals surface area contributed by atoms with E-state index in [0.717, 1.165) is 19.5 Å². The highest BCUT2D eigenvalue weighted by Crippen LogP contribution is 2.01. The molecular weight excluding hydrogens is 218 g/mol. The van der Waals surface area contributed by atoms with Crippen LogP contribution in [0.2, 0.25) is 0 Å². The first kappa shape index (κ1) is 15.6. The van der Waals surface area contributed by atoms with Crippen molar-refractivity contribution in [1.29, 1.82) is 0 Å². The van der Waals surface area contributed by atoms with Crippen molar-refractivity contribution in [3.63, 3.8) is 0 Å². The molecule has 0 saturated carbocycles. The van der Waals surface area contributed by atoms with Gasteiger partial charge in [0, 0.05) is 24.5 Å². The molecule has 0 spiro atoms. The Bertz CT molecular complexity index is 292. The van der Waals surface area contributed by atoms with Crippen LogP contribution in [0.15, 0.2) is 24.3 Å². The highest BCUT2D eigenvalue weighted by molar-refractivity contribution is 5.75. The van der Waals surface area contributed by atoms with Crippen LogP contribution in [0.3, 0.4) is 0 Å². The van der Waals surface area contributed by atoms with E-state index in [1.165, 1.54) is 0 Å². The van der Waals surface area contributed by atoms with E-state index in [1.54, 1.807) is 24.3 Å². The molecule has 0 bridgehead atoms. The van der Waals surface area contributed by atoms with Crippen molar-refractivity contribution in [2.24, 2.45) is 0 Å². The van der Waals surface area contributed by atoms with Crippen LogP contribution in [0.5, 0.6) is 0 Å². The number of aldehydes is 1. The molecule has 0 atom stereocenters. The highest BCUT2D eigenvalue weighted by Gasteiger charge is 1.94. The van der Waals surface area contributed by atoms with Crippen LogP contribution in [0.4, 0.5) is 5.69 Å². The predicted octanol–water partition coefficient (Wildman–Crippen LogP) is 2.49. The smallest absolute Gasteiger partial charge is 0.154 e. The lowest BCUT2D eigenvalue weighted by Gasteiger charge is -2.09. The molecule has 0 aliphatic carbocycles. The molecule has 0 radical (unpaired) electrons. The van der Waals surface area contributed by atoms with Crippen molar-refractivity contribution in [1.82, 2.24) is 0 Å². The van der Waals surface area contributed by atoms with E-state index in [2.05, 4.69) is 0 Å². The molecule has 1 aromatic carbocycles. The lowest BCUT2D eigenvalue weighted by molar-refractivity contribution is -0.123. The Morgan fingerprint density at radius 1 is 1.18 bits per heavy atom. The summed E-state index contributed by atoms with van der Waals surface area (Å²) in [4.78, 5) is 10.1. The van der Waals surface area contributed by atoms with Crippen LogP contribution in [0.1, 0.15) is 31.1 Å². The Hall–Kier alpha value is -1.39. The minimum absolute atomic E-state index is 0.0370. The summed E-state index contributed by atoms with van der Waals surface area (Å²) in [6, 6.07) is 6.76. The summed E-state index contributed by atoms with van der Waals surface area (Å²) in [6.07, 6.45) is 0.754. The van der Waals surface area contributed by atoms with Crippen LogP contribution < -0.4 is 5.73 Å². The van der Waals surface area contributed by atoms with Crippen LogP contribution in [0.25, 0.3) is 0 Å². The first-order chi connectivity index (χ1) is 8.13. The molecule has 0 amide bonds. The van der Waals surface area contributed by atoms with Gasteiger partial charge < -0.3 is 15.2 Å². The summed E-state index contributed by atoms with van der Waals surface area (Å²) >= 11 is 0. The maximum Gasteiger partial charge on any atom is 0.154 e. The molecule has 0 aliphatic heterocycles. The second-order valence-corrected chi connectivity index (χ2v) is 3.26. The van der Waals surface area contributed by atoms with Crippen molar-refractivity contribution >= 4 is 12.0 Å². The van der Waals surface area contributed by atoms with Crippen LogP contribution in [0, 0.1) is 0 Å². The Morgan fingerprint density at radius 2 is 1.65 bits per heavy atom. The monoisotopic (exact) mass is 239 g/mol. The fraction of sp³-hybridized carbons (Fsp3) is 0.462. The van der Waals surface area contributed by atoms with Crippen molar-refractivity contribution in [2.75, 3.05) is 18.9 Å². The number of carbonyl (C=O) groups excluding carboxylic acids is 1. The predicted molar refractivity (Wildman–Crippen MR) is 69.0 cm³/mol. The van der Waals surface area contributed by atoms with Gasteiger partial charge in [-0.3, -0.25) is 4.79 Å². The summed E-state index contributed by atoms with van der Waals surface area (Å²) in [7, 11) is 0. The van der Waals surface area contributed by atoms with Crippen molar-refractivity contribution in [3.05, 3.63) is 29.8 Å². The molecular formula is C13H21NO3. The number of ether oxygens (including phenoxy) is 2. The van der Waals surface area contributed by atoms with E-state index >= 15 is 0 Å². The number of nitrogen functional groups attached to an aromatic ring is 1. The fourth-order valence-electron chi connectivity index (χ4n) is 1.09. The minimum Gasteiger partial charge on any atom is -0.399 e. The van der Waals surface area contributed by atoms with Gasteiger partial charge in [0.25, 0.3) is 0 Å². The first-order valence-electron chi connectivity index (χ1n) is 5.67. The molecule has 17 heavy (non-hydrogen) atoms. The Labute approximate surface area is 103 Å². The van der Waals surface area contributed by atoms with Gasteiger partial charge in [0.1, 0.15) is 6.29 Å². The molecule has 4 nitrogen and oxygen atoms in total. The van der Waals surface area contributed by atoms with Crippen molar-refractivity contribution < 1.29 is 14.3 Å². The number of nitrogens with two attached hydrogens (primary N) is 1. The number of anilines is 1. The summed E-state index contributed by atoms with van der Waals surface area (Å²) in [5.41, 5.74) is 6.70. The summed E-state index contributed by atoms with van der Waals surface area (Å²) < 4.78 is 10.1. The van der Waals surface area contributed by atoms with E-state index < -0.39 is 0 Å². The zero-order valence-electron chi connectivity index (χ0n) is 10.7. The molecule has 0 unspecified atom stereocenters. The molecule has 1 rings (SSSR count). The van der Waals surface area contributed by atoms with E-state index in [9.17, 15) is 4.79 Å². The Morgan fingerprint density at radius 3 is 2.00 bits per heavy atom. The SMILES string of the molecule is CCOC(C)OCC.Nc1ccc(C=O)cc1. The largest absolute Gasteiger partial charge is 0.399 e. The maximum absolute atomic E-state index is 10.1. The van der Waals surface area contributed by atoms with Gasteiger partial charge in [-0.05, 0) is 45.0 Å². The third-order valence-electron chi connectivity index (χ3n) is 1.88. The quantitative estimate of drug-likeness (QED) is 0.487. The Balaban J connectivity index is 0.000000304. The molecule has 0 saturated heterocycles. The fourth-order valence-corrected chi connectivity index (χ4v) is 1.09. The maximum atomic E-state index is 10.1. The molecule has 96 valence electrons. The van der Waals surface area contributed by atoms with Gasteiger partial charge in [-0.1, -0.05) is 0 Å². The van der Waals surface area contributed by atoms with Gasteiger partial charge in [-0.2, -0.15) is 0 Å². The third-order valence-corrected chi connectivity index (χ3v) is 1.88.